The van der Waals surface area contributed by atoms with Crippen LogP contribution >= 0.6 is 0 Å². The van der Waals surface area contributed by atoms with Crippen molar-refractivity contribution in [1.82, 2.24) is 0 Å². The second-order valence-electron chi connectivity index (χ2n) is 0.926. The van der Waals surface area contributed by atoms with Gasteiger partial charge in [-0.2, -0.15) is 0 Å². The summed E-state index contributed by atoms with van der Waals surface area (Å²) in [5.74, 6) is -1.08. The standard InChI is InChI=1S/C2H4O2.Na.H2O4S2/c1-2(3)4;;1-5(2)6(3)4/h1H3,(H,3,4);;(H,1,2)(H,3,4)/q;+1;/p-1. The molecule has 0 fully saturated rings. The van der Waals surface area contributed by atoms with Crippen molar-refractivity contribution in [2.75, 3.05) is 0 Å². The monoisotopic (exact) mass is 212 g/mol. The van der Waals surface area contributed by atoms with E-state index in [1.807, 2.05) is 0 Å². The Hall–Kier alpha value is 0.690. The molecule has 0 amide bonds. The largest absolute Gasteiger partial charge is 1.00 e. The molecule has 0 aromatic heterocycles. The molecule has 0 spiro atoms. The summed E-state index contributed by atoms with van der Waals surface area (Å²) >= 11 is 0. The van der Waals surface area contributed by atoms with Gasteiger partial charge in [0.2, 0.25) is 0 Å². The Morgan fingerprint density at radius 1 is 1.27 bits per heavy atom. The average molecular weight is 212 g/mol. The van der Waals surface area contributed by atoms with Gasteiger partial charge < -0.3 is 9.90 Å². The van der Waals surface area contributed by atoms with Crippen molar-refractivity contribution in [3.8, 4) is 0 Å². The van der Waals surface area contributed by atoms with Crippen molar-refractivity contribution in [3.63, 3.8) is 0 Å². The number of carboxylic acid groups (broad SMARTS) is 1. The van der Waals surface area contributed by atoms with Crippen LogP contribution in [0.5, 0.6) is 0 Å². The van der Waals surface area contributed by atoms with Crippen LogP contribution in [0, 0.1) is 0 Å². The minimum Gasteiger partial charge on any atom is -0.550 e. The molecule has 0 bridgehead atoms. The molecule has 0 aliphatic rings. The van der Waals surface area contributed by atoms with Crippen LogP contribution in [0.4, 0.5) is 0 Å². The summed E-state index contributed by atoms with van der Waals surface area (Å²) in [5, 5.41) is 8.89. The van der Waals surface area contributed by atoms with Crippen molar-refractivity contribution in [1.29, 1.82) is 0 Å². The van der Waals surface area contributed by atoms with Crippen molar-refractivity contribution >= 4 is 26.2 Å². The fourth-order valence-electron chi connectivity index (χ4n) is 0. The predicted octanol–water partition coefficient (Wildman–Crippen LogP) is -4.89. The van der Waals surface area contributed by atoms with Gasteiger partial charge in [0.05, 0.1) is 0 Å². The number of aliphatic carboxylic acids is 1. The zero-order valence-electron chi connectivity index (χ0n) is 5.84. The zero-order chi connectivity index (χ0) is 8.73. The van der Waals surface area contributed by atoms with Crippen LogP contribution in [0.25, 0.3) is 0 Å². The van der Waals surface area contributed by atoms with E-state index in [0.717, 1.165) is 6.92 Å². The minimum atomic E-state index is -2.59. The van der Waals surface area contributed by atoms with Gasteiger partial charge in [-0.3, -0.25) is 9.11 Å². The molecule has 6 nitrogen and oxygen atoms in total. The number of carbonyl (C=O) groups excluding carboxylic acids is 1. The minimum absolute atomic E-state index is 0. The van der Waals surface area contributed by atoms with Gasteiger partial charge in [0.1, 0.15) is 0 Å². The number of carboxylic acids is 1. The normalized spacial score (nSPS) is 13.0. The maximum absolute atomic E-state index is 9.26. The van der Waals surface area contributed by atoms with Crippen LogP contribution in [0.1, 0.15) is 6.92 Å². The molecule has 0 aliphatic heterocycles. The molecule has 2 unspecified atom stereocenters. The third-order valence-electron chi connectivity index (χ3n) is 0.122. The summed E-state index contributed by atoms with van der Waals surface area (Å²) in [6.07, 6.45) is 0. The Bertz CT molecular complexity index is 141. The van der Waals surface area contributed by atoms with Crippen LogP contribution in [0.2, 0.25) is 0 Å². The van der Waals surface area contributed by atoms with Crippen LogP contribution in [0.15, 0.2) is 0 Å². The molecule has 0 saturated carbocycles. The quantitative estimate of drug-likeness (QED) is 0.256. The Kier molecular flexibility index (Phi) is 17.2. The second-order valence-corrected chi connectivity index (χ2v) is 3.51. The van der Waals surface area contributed by atoms with Crippen LogP contribution in [-0.2, 0) is 25.0 Å². The van der Waals surface area contributed by atoms with Gasteiger partial charge in [-0.25, -0.2) is 8.42 Å². The van der Waals surface area contributed by atoms with Gasteiger partial charge in [0, 0.05) is 5.97 Å². The van der Waals surface area contributed by atoms with Gasteiger partial charge in [0.25, 0.3) is 20.2 Å². The third kappa shape index (κ3) is 36.7. The average Bonchev–Trinajstić information content (AvgIpc) is 1.63. The first-order valence-electron chi connectivity index (χ1n) is 1.77. The number of hydrogen-bond acceptors (Lipinski definition) is 4. The van der Waals surface area contributed by atoms with E-state index in [1.54, 1.807) is 0 Å². The van der Waals surface area contributed by atoms with Gasteiger partial charge in [-0.05, 0) is 6.92 Å². The Morgan fingerprint density at radius 3 is 1.36 bits per heavy atom. The van der Waals surface area contributed by atoms with Gasteiger partial charge in [-0.15, -0.1) is 0 Å². The predicted molar refractivity (Wildman–Crippen MR) is 32.2 cm³/mol. The first-order valence-corrected chi connectivity index (χ1v) is 4.50. The Labute approximate surface area is 89.6 Å². The molecule has 62 valence electrons. The van der Waals surface area contributed by atoms with Crippen LogP contribution < -0.4 is 34.7 Å². The van der Waals surface area contributed by atoms with E-state index >= 15 is 0 Å². The number of hydrogen-bond donors (Lipinski definition) is 2. The van der Waals surface area contributed by atoms with Crippen molar-refractivity contribution in [3.05, 3.63) is 0 Å². The Balaban J connectivity index is -0.000000114. The Morgan fingerprint density at radius 2 is 1.36 bits per heavy atom. The maximum atomic E-state index is 9.26. The van der Waals surface area contributed by atoms with E-state index in [9.17, 15) is 8.42 Å². The van der Waals surface area contributed by atoms with Crippen molar-refractivity contribution < 1.29 is 57.0 Å². The molecule has 0 aliphatic carbocycles. The molecule has 11 heavy (non-hydrogen) atoms. The summed E-state index contributed by atoms with van der Waals surface area (Å²) in [4.78, 5) is 8.89. The fraction of sp³-hybridized carbons (Fsp3) is 0.500. The SMILES string of the molecule is CC(=O)[O-].O=S(O)S(=O)O.[Na+]. The molecule has 0 saturated heterocycles. The molecule has 2 atom stereocenters. The summed E-state index contributed by atoms with van der Waals surface area (Å²) in [7, 11) is -5.18. The van der Waals surface area contributed by atoms with E-state index in [4.69, 9.17) is 19.0 Å². The van der Waals surface area contributed by atoms with Crippen molar-refractivity contribution in [2.45, 2.75) is 6.92 Å². The molecular weight excluding hydrogens is 207 g/mol. The summed E-state index contributed by atoms with van der Waals surface area (Å²) < 4.78 is 33.6. The van der Waals surface area contributed by atoms with E-state index in [1.165, 1.54) is 0 Å². The topological polar surface area (TPSA) is 115 Å². The molecule has 2 N–H and O–H groups in total. The van der Waals surface area contributed by atoms with Gasteiger partial charge in [-0.1, -0.05) is 0 Å². The summed E-state index contributed by atoms with van der Waals surface area (Å²) in [5.41, 5.74) is 0. The smallest absolute Gasteiger partial charge is 0.550 e. The first kappa shape index (κ1) is 17.7. The molecule has 0 radical (unpaired) electrons. The van der Waals surface area contributed by atoms with Gasteiger partial charge in [0.15, 0.2) is 0 Å². The second kappa shape index (κ2) is 10.7. The van der Waals surface area contributed by atoms with Crippen LogP contribution in [-0.4, -0.2) is 23.5 Å². The summed E-state index contributed by atoms with van der Waals surface area (Å²) in [6, 6.07) is 0. The fourth-order valence-corrected chi connectivity index (χ4v) is 0. The molecule has 9 heteroatoms. The van der Waals surface area contributed by atoms with Gasteiger partial charge >= 0.3 is 29.6 Å². The van der Waals surface area contributed by atoms with E-state index < -0.39 is 26.2 Å². The zero-order valence-corrected chi connectivity index (χ0v) is 9.48. The number of rotatable bonds is 1. The van der Waals surface area contributed by atoms with Crippen molar-refractivity contribution in [2.24, 2.45) is 0 Å². The first-order chi connectivity index (χ1) is 4.37. The molecule has 0 aromatic carbocycles. The summed E-state index contributed by atoms with van der Waals surface area (Å²) in [6.45, 7) is 0.972. The molecule has 0 aromatic rings. The number of carbonyl (C=O) groups is 1. The third-order valence-corrected chi connectivity index (χ3v) is 1.10. The van der Waals surface area contributed by atoms with Crippen LogP contribution in [0.3, 0.4) is 0 Å². The van der Waals surface area contributed by atoms with E-state index in [0.29, 0.717) is 0 Å². The molecule has 0 rings (SSSR count). The van der Waals surface area contributed by atoms with E-state index in [2.05, 4.69) is 0 Å². The molecule has 0 heterocycles. The maximum Gasteiger partial charge on any atom is 1.00 e. The molecular formula is C2H5NaO6S2. The van der Waals surface area contributed by atoms with E-state index in [-0.39, 0.29) is 29.6 Å².